The van der Waals surface area contributed by atoms with Gasteiger partial charge in [-0.2, -0.15) is 0 Å². The summed E-state index contributed by atoms with van der Waals surface area (Å²) in [5.41, 5.74) is 2.04. The molecule has 1 aromatic carbocycles. The maximum Gasteiger partial charge on any atom is 0.140 e. The van der Waals surface area contributed by atoms with Crippen molar-refractivity contribution in [1.29, 1.82) is 0 Å². The zero-order valence-electron chi connectivity index (χ0n) is 9.09. The molecule has 0 aromatic heterocycles. The molecule has 2 heteroatoms. The van der Waals surface area contributed by atoms with Crippen LogP contribution in [0.4, 0.5) is 4.39 Å². The first-order chi connectivity index (χ1) is 7.09. The lowest BCUT2D eigenvalue weighted by Crippen LogP contribution is -2.24. The average molecular weight is 206 g/mol. The van der Waals surface area contributed by atoms with E-state index in [2.05, 4.69) is 0 Å². The minimum Gasteiger partial charge on any atom is -0.299 e. The predicted octanol–water partition coefficient (Wildman–Crippen LogP) is 3.08. The van der Waals surface area contributed by atoms with Gasteiger partial charge in [-0.15, -0.1) is 0 Å². The molecule has 15 heavy (non-hydrogen) atoms. The van der Waals surface area contributed by atoms with Crippen molar-refractivity contribution in [3.8, 4) is 0 Å². The van der Waals surface area contributed by atoms with Gasteiger partial charge in [0.25, 0.3) is 0 Å². The zero-order chi connectivity index (χ0) is 11.0. The van der Waals surface area contributed by atoms with E-state index in [1.54, 1.807) is 12.1 Å². The van der Waals surface area contributed by atoms with Gasteiger partial charge in [0.2, 0.25) is 0 Å². The summed E-state index contributed by atoms with van der Waals surface area (Å²) >= 11 is 0. The lowest BCUT2D eigenvalue weighted by molar-refractivity contribution is -0.121. The molecular formula is C13H15FO. The SMILES string of the molecule is CC(C)C1C(=O)CCc2cc(F)ccc21. The summed E-state index contributed by atoms with van der Waals surface area (Å²) in [6.07, 6.45) is 1.24. The molecule has 0 fully saturated rings. The fourth-order valence-electron chi connectivity index (χ4n) is 2.41. The van der Waals surface area contributed by atoms with E-state index in [-0.39, 0.29) is 11.7 Å². The maximum absolute atomic E-state index is 13.0. The van der Waals surface area contributed by atoms with E-state index in [0.29, 0.717) is 24.5 Å². The van der Waals surface area contributed by atoms with Crippen molar-refractivity contribution in [2.24, 2.45) is 5.92 Å². The van der Waals surface area contributed by atoms with Crippen molar-refractivity contribution in [1.82, 2.24) is 0 Å². The Bertz CT molecular complexity index is 396. The fourth-order valence-corrected chi connectivity index (χ4v) is 2.41. The van der Waals surface area contributed by atoms with E-state index in [1.165, 1.54) is 6.07 Å². The van der Waals surface area contributed by atoms with Gasteiger partial charge in [-0.1, -0.05) is 19.9 Å². The van der Waals surface area contributed by atoms with Gasteiger partial charge in [0.1, 0.15) is 11.6 Å². The van der Waals surface area contributed by atoms with Crippen LogP contribution in [0.5, 0.6) is 0 Å². The summed E-state index contributed by atoms with van der Waals surface area (Å²) in [5.74, 6) is 0.353. The number of rotatable bonds is 1. The fraction of sp³-hybridized carbons (Fsp3) is 0.462. The van der Waals surface area contributed by atoms with Gasteiger partial charge in [0.05, 0.1) is 0 Å². The van der Waals surface area contributed by atoms with Crippen LogP contribution in [0.2, 0.25) is 0 Å². The van der Waals surface area contributed by atoms with Gasteiger partial charge < -0.3 is 0 Å². The molecule has 1 aromatic rings. The molecule has 1 atom stereocenters. The van der Waals surface area contributed by atoms with Gasteiger partial charge in [-0.05, 0) is 35.6 Å². The summed E-state index contributed by atoms with van der Waals surface area (Å²) in [4.78, 5) is 11.8. The Morgan fingerprint density at radius 3 is 2.73 bits per heavy atom. The molecule has 80 valence electrons. The maximum atomic E-state index is 13.0. The van der Waals surface area contributed by atoms with Crippen LogP contribution < -0.4 is 0 Å². The van der Waals surface area contributed by atoms with Crippen LogP contribution in [-0.4, -0.2) is 5.78 Å². The molecular weight excluding hydrogens is 191 g/mol. The largest absolute Gasteiger partial charge is 0.299 e. The first-order valence-electron chi connectivity index (χ1n) is 5.40. The molecule has 0 spiro atoms. The van der Waals surface area contributed by atoms with Crippen molar-refractivity contribution < 1.29 is 9.18 Å². The van der Waals surface area contributed by atoms with Gasteiger partial charge in [0.15, 0.2) is 0 Å². The Kier molecular flexibility index (Phi) is 2.59. The summed E-state index contributed by atoms with van der Waals surface area (Å²) in [5, 5.41) is 0. The Hall–Kier alpha value is -1.18. The summed E-state index contributed by atoms with van der Waals surface area (Å²) in [7, 11) is 0. The molecule has 0 saturated heterocycles. The van der Waals surface area contributed by atoms with Crippen molar-refractivity contribution in [3.63, 3.8) is 0 Å². The Morgan fingerprint density at radius 2 is 2.07 bits per heavy atom. The van der Waals surface area contributed by atoms with Crippen LogP contribution in [-0.2, 0) is 11.2 Å². The number of fused-ring (bicyclic) bond motifs is 1. The number of ketones is 1. The standard InChI is InChI=1S/C13H15FO/c1-8(2)13-11-5-4-10(14)7-9(11)3-6-12(13)15/h4-5,7-8,13H,3,6H2,1-2H3. The minimum atomic E-state index is -0.203. The van der Waals surface area contributed by atoms with E-state index in [0.717, 1.165) is 11.1 Å². The molecule has 1 unspecified atom stereocenters. The monoisotopic (exact) mass is 206 g/mol. The molecule has 2 rings (SSSR count). The van der Waals surface area contributed by atoms with Gasteiger partial charge >= 0.3 is 0 Å². The third-order valence-electron chi connectivity index (χ3n) is 3.09. The average Bonchev–Trinajstić information content (AvgIpc) is 2.17. The van der Waals surface area contributed by atoms with Gasteiger partial charge in [0, 0.05) is 12.3 Å². The quantitative estimate of drug-likeness (QED) is 0.690. The molecule has 0 bridgehead atoms. The van der Waals surface area contributed by atoms with E-state index >= 15 is 0 Å². The molecule has 1 aliphatic rings. The molecule has 0 amide bonds. The van der Waals surface area contributed by atoms with Crippen LogP contribution in [0.25, 0.3) is 0 Å². The number of halogens is 1. The number of Topliss-reactive ketones (excluding diaryl/α,β-unsaturated/α-hetero) is 1. The van der Waals surface area contributed by atoms with E-state index in [1.807, 2.05) is 13.8 Å². The van der Waals surface area contributed by atoms with E-state index < -0.39 is 0 Å². The third-order valence-corrected chi connectivity index (χ3v) is 3.09. The minimum absolute atomic E-state index is 0.0330. The number of carbonyl (C=O) groups is 1. The summed E-state index contributed by atoms with van der Waals surface area (Å²) in [6, 6.07) is 4.79. The third kappa shape index (κ3) is 1.81. The molecule has 0 N–H and O–H groups in total. The molecule has 1 nitrogen and oxygen atoms in total. The van der Waals surface area contributed by atoms with Crippen LogP contribution in [0.1, 0.15) is 37.3 Å². The summed E-state index contributed by atoms with van der Waals surface area (Å²) in [6.45, 7) is 4.09. The van der Waals surface area contributed by atoms with Crippen LogP contribution in [0.3, 0.4) is 0 Å². The van der Waals surface area contributed by atoms with Crippen molar-refractivity contribution >= 4 is 5.78 Å². The number of carbonyl (C=O) groups excluding carboxylic acids is 1. The highest BCUT2D eigenvalue weighted by Crippen LogP contribution is 2.34. The van der Waals surface area contributed by atoms with E-state index in [9.17, 15) is 9.18 Å². The second kappa shape index (κ2) is 3.76. The molecule has 1 aliphatic carbocycles. The van der Waals surface area contributed by atoms with Crippen LogP contribution in [0.15, 0.2) is 18.2 Å². The summed E-state index contributed by atoms with van der Waals surface area (Å²) < 4.78 is 13.0. The Morgan fingerprint density at radius 1 is 1.33 bits per heavy atom. The molecule has 0 aliphatic heterocycles. The van der Waals surface area contributed by atoms with Crippen molar-refractivity contribution in [2.45, 2.75) is 32.6 Å². The van der Waals surface area contributed by atoms with Crippen LogP contribution >= 0.6 is 0 Å². The molecule has 0 saturated carbocycles. The number of aryl methyl sites for hydroxylation is 1. The lowest BCUT2D eigenvalue weighted by atomic mass is 9.76. The predicted molar refractivity (Wildman–Crippen MR) is 57.3 cm³/mol. The zero-order valence-corrected chi connectivity index (χ0v) is 9.09. The molecule has 0 heterocycles. The normalized spacial score (nSPS) is 20.5. The Balaban J connectivity index is 2.48. The smallest absolute Gasteiger partial charge is 0.140 e. The lowest BCUT2D eigenvalue weighted by Gasteiger charge is -2.27. The molecule has 0 radical (unpaired) electrons. The Labute approximate surface area is 89.3 Å². The second-order valence-electron chi connectivity index (χ2n) is 4.53. The first-order valence-corrected chi connectivity index (χ1v) is 5.40. The highest BCUT2D eigenvalue weighted by molar-refractivity contribution is 5.88. The topological polar surface area (TPSA) is 17.1 Å². The van der Waals surface area contributed by atoms with Crippen molar-refractivity contribution in [3.05, 3.63) is 35.1 Å². The van der Waals surface area contributed by atoms with Crippen LogP contribution in [0, 0.1) is 11.7 Å². The number of benzene rings is 1. The highest BCUT2D eigenvalue weighted by Gasteiger charge is 2.29. The van der Waals surface area contributed by atoms with Gasteiger partial charge in [-0.25, -0.2) is 4.39 Å². The first kappa shape index (κ1) is 10.3. The van der Waals surface area contributed by atoms with Gasteiger partial charge in [-0.3, -0.25) is 4.79 Å². The van der Waals surface area contributed by atoms with E-state index in [4.69, 9.17) is 0 Å². The second-order valence-corrected chi connectivity index (χ2v) is 4.53. The number of hydrogen-bond acceptors (Lipinski definition) is 1. The van der Waals surface area contributed by atoms with Crippen molar-refractivity contribution in [2.75, 3.05) is 0 Å². The number of hydrogen-bond donors (Lipinski definition) is 0. The highest BCUT2D eigenvalue weighted by atomic mass is 19.1.